The molecule has 2 bridgehead atoms. The van der Waals surface area contributed by atoms with Crippen LogP contribution < -0.4 is 21.3 Å². The van der Waals surface area contributed by atoms with Gasteiger partial charge in [0.1, 0.15) is 29.4 Å². The van der Waals surface area contributed by atoms with Gasteiger partial charge in [0.2, 0.25) is 17.7 Å². The number of fused-ring (bicyclic) bond motifs is 18. The Morgan fingerprint density at radius 1 is 0.896 bits per heavy atom. The lowest BCUT2D eigenvalue weighted by molar-refractivity contribution is -0.132. The molecule has 0 unspecified atom stereocenters. The highest BCUT2D eigenvalue weighted by atomic mass is 16.5. The molecular weight excluding hydrogens is 612 g/mol. The average molecular weight is 659 g/mol. The lowest BCUT2D eigenvalue weighted by Crippen LogP contribution is -2.57. The molecule has 12 heteroatoms. The van der Waals surface area contributed by atoms with Crippen molar-refractivity contribution in [1.29, 1.82) is 0 Å². The maximum Gasteiger partial charge on any atom is 0.259 e. The molecule has 1 aromatic heterocycles. The fourth-order valence-corrected chi connectivity index (χ4v) is 5.63. The number of nitrogens with one attached hydrogen (secondary N) is 4. The summed E-state index contributed by atoms with van der Waals surface area (Å²) in [7, 11) is 0. The predicted molar refractivity (Wildman–Crippen MR) is 180 cm³/mol. The van der Waals surface area contributed by atoms with Crippen LogP contribution in [0.15, 0.2) is 59.1 Å². The van der Waals surface area contributed by atoms with Crippen LogP contribution in [0.4, 0.5) is 0 Å². The van der Waals surface area contributed by atoms with E-state index in [1.807, 2.05) is 44.2 Å². The molecule has 3 aromatic rings. The molecule has 2 aliphatic rings. The fourth-order valence-electron chi connectivity index (χ4n) is 5.63. The van der Waals surface area contributed by atoms with Gasteiger partial charge in [-0.3, -0.25) is 24.0 Å². The minimum absolute atomic E-state index is 0.0596. The number of rotatable bonds is 5. The molecule has 12 nitrogen and oxygen atoms in total. The molecule has 0 aliphatic carbocycles. The lowest BCUT2D eigenvalue weighted by atomic mass is 10.0. The van der Waals surface area contributed by atoms with Crippen molar-refractivity contribution in [1.82, 2.24) is 31.3 Å². The van der Waals surface area contributed by atoms with Gasteiger partial charge in [-0.15, -0.1) is 0 Å². The number of benzene rings is 2. The van der Waals surface area contributed by atoms with Crippen molar-refractivity contribution < 1.29 is 28.5 Å². The van der Waals surface area contributed by atoms with Crippen LogP contribution in [0.1, 0.15) is 83.3 Å². The molecule has 5 amide bonds. The van der Waals surface area contributed by atoms with Crippen molar-refractivity contribution in [3.8, 4) is 0 Å². The van der Waals surface area contributed by atoms with Crippen molar-refractivity contribution >= 4 is 29.5 Å². The molecule has 2 aliphatic heterocycles. The highest BCUT2D eigenvalue weighted by Gasteiger charge is 2.30. The summed E-state index contributed by atoms with van der Waals surface area (Å²) in [6, 6.07) is 13.4. The number of carbonyl (C=O) groups excluding carboxylic acids is 5. The summed E-state index contributed by atoms with van der Waals surface area (Å²) in [6.45, 7) is 9.90. The highest BCUT2D eigenvalue weighted by molar-refractivity contribution is 5.99. The van der Waals surface area contributed by atoms with Gasteiger partial charge in [-0.25, -0.2) is 0 Å². The first-order valence-electron chi connectivity index (χ1n) is 16.5. The Kier molecular flexibility index (Phi) is 12.5. The number of hydrogen-bond donors (Lipinski definition) is 4. The molecule has 0 fully saturated rings. The summed E-state index contributed by atoms with van der Waals surface area (Å²) in [5.74, 6) is -1.55. The topological polar surface area (TPSA) is 163 Å². The Morgan fingerprint density at radius 2 is 1.58 bits per heavy atom. The van der Waals surface area contributed by atoms with Crippen LogP contribution >= 0.6 is 0 Å². The molecule has 0 saturated carbocycles. The van der Waals surface area contributed by atoms with Gasteiger partial charge in [-0.2, -0.15) is 0 Å². The first kappa shape index (κ1) is 35.8. The number of nitrogens with zero attached hydrogens (tertiary/aromatic N) is 2. The van der Waals surface area contributed by atoms with E-state index in [0.717, 1.165) is 11.1 Å². The minimum Gasteiger partial charge on any atom is -0.361 e. The maximum atomic E-state index is 13.7. The zero-order chi connectivity index (χ0) is 34.8. The zero-order valence-electron chi connectivity index (χ0n) is 28.3. The predicted octanol–water partition coefficient (Wildman–Crippen LogP) is 3.22. The number of aryl methyl sites for hydroxylation is 2. The Morgan fingerprint density at radius 3 is 2.23 bits per heavy atom. The summed E-state index contributed by atoms with van der Waals surface area (Å²) >= 11 is 0. The Labute approximate surface area is 281 Å². The Balaban J connectivity index is 1.63. The molecule has 4 N–H and O–H groups in total. The summed E-state index contributed by atoms with van der Waals surface area (Å²) in [5, 5.41) is 15.2. The molecule has 48 heavy (non-hydrogen) atoms. The van der Waals surface area contributed by atoms with Gasteiger partial charge in [-0.05, 0) is 69.2 Å². The second-order valence-corrected chi connectivity index (χ2v) is 12.8. The van der Waals surface area contributed by atoms with Crippen molar-refractivity contribution in [2.24, 2.45) is 5.92 Å². The maximum absolute atomic E-state index is 13.7. The van der Waals surface area contributed by atoms with E-state index in [4.69, 9.17) is 4.52 Å². The van der Waals surface area contributed by atoms with Crippen molar-refractivity contribution in [3.05, 3.63) is 88.3 Å². The van der Waals surface area contributed by atoms with E-state index in [2.05, 4.69) is 26.4 Å². The first-order valence-corrected chi connectivity index (χ1v) is 16.5. The third kappa shape index (κ3) is 9.76. The van der Waals surface area contributed by atoms with Gasteiger partial charge in [0.15, 0.2) is 0 Å². The summed E-state index contributed by atoms with van der Waals surface area (Å²) in [4.78, 5) is 68.8. The molecular formula is C36H46N6O6. The Hall–Kier alpha value is -5.00. The van der Waals surface area contributed by atoms with Crippen LogP contribution in [-0.4, -0.2) is 70.8 Å². The van der Waals surface area contributed by atoms with E-state index in [1.165, 1.54) is 0 Å². The van der Waals surface area contributed by atoms with Crippen LogP contribution in [0.2, 0.25) is 0 Å². The highest BCUT2D eigenvalue weighted by Crippen LogP contribution is 2.18. The molecule has 5 rings (SSSR count). The van der Waals surface area contributed by atoms with Gasteiger partial charge in [-0.1, -0.05) is 61.5 Å². The second kappa shape index (κ2) is 16.7. The van der Waals surface area contributed by atoms with Crippen LogP contribution in [0.5, 0.6) is 0 Å². The van der Waals surface area contributed by atoms with E-state index in [1.54, 1.807) is 49.9 Å². The minimum atomic E-state index is -0.986. The van der Waals surface area contributed by atoms with E-state index in [-0.39, 0.29) is 30.7 Å². The van der Waals surface area contributed by atoms with Gasteiger partial charge < -0.3 is 30.7 Å². The third-order valence-corrected chi connectivity index (χ3v) is 8.27. The molecule has 0 radical (unpaired) electrons. The number of carbonyl (C=O) groups is 5. The summed E-state index contributed by atoms with van der Waals surface area (Å²) in [5.41, 5.74) is 2.89. The van der Waals surface area contributed by atoms with Crippen LogP contribution in [-0.2, 0) is 27.3 Å². The number of aromatic nitrogens is 1. The number of hydrogen-bond acceptors (Lipinski definition) is 7. The van der Waals surface area contributed by atoms with Crippen molar-refractivity contribution in [2.45, 2.75) is 85.0 Å². The number of amides is 5. The molecule has 3 atom stereocenters. The summed E-state index contributed by atoms with van der Waals surface area (Å²) in [6.07, 6.45) is 1.72. The SMILES string of the molecule is Cc1noc(C)c1C(=O)N1CCCCNC(=O)[C@@H](C)NC(=O)[C@H](CC(C)C)NC(=O)[C@@H](Cc2ccccc2)NC(=O)c2ccc(cc2)C1. The lowest BCUT2D eigenvalue weighted by Gasteiger charge is -2.25. The average Bonchev–Trinajstić information content (AvgIpc) is 3.40. The quantitative estimate of drug-likeness (QED) is 0.306. The Bertz CT molecular complexity index is 1570. The first-order chi connectivity index (χ1) is 22.9. The standard InChI is InChI=1S/C36H46N6O6/c1-22(2)19-29-34(45)38-24(4)32(43)37-17-9-10-18-42(36(47)31-23(3)41-48-25(31)5)21-27-13-15-28(16-14-27)33(44)39-30(35(46)40-29)20-26-11-7-6-8-12-26/h6-8,11-16,22,24,29-30H,9-10,17-21H2,1-5H3,(H,37,43)(H,38,45)(H,39,44)(H,40,46)/t24-,29+,30-/m1/s1. The van der Waals surface area contributed by atoms with Crippen LogP contribution in [0.25, 0.3) is 0 Å². The van der Waals surface area contributed by atoms with Gasteiger partial charge >= 0.3 is 0 Å². The molecule has 3 heterocycles. The smallest absolute Gasteiger partial charge is 0.259 e. The van der Waals surface area contributed by atoms with E-state index in [0.29, 0.717) is 54.9 Å². The van der Waals surface area contributed by atoms with Crippen LogP contribution in [0, 0.1) is 19.8 Å². The third-order valence-electron chi connectivity index (χ3n) is 8.27. The van der Waals surface area contributed by atoms with Crippen molar-refractivity contribution in [2.75, 3.05) is 13.1 Å². The van der Waals surface area contributed by atoms with E-state index >= 15 is 0 Å². The van der Waals surface area contributed by atoms with Gasteiger partial charge in [0.05, 0.1) is 5.69 Å². The normalized spacial score (nSPS) is 20.4. The monoisotopic (exact) mass is 658 g/mol. The fraction of sp³-hybridized carbons (Fsp3) is 0.444. The summed E-state index contributed by atoms with van der Waals surface area (Å²) < 4.78 is 5.25. The van der Waals surface area contributed by atoms with Gasteiger partial charge in [0, 0.05) is 31.6 Å². The molecule has 0 saturated heterocycles. The van der Waals surface area contributed by atoms with E-state index < -0.39 is 35.8 Å². The second-order valence-electron chi connectivity index (χ2n) is 12.8. The van der Waals surface area contributed by atoms with Crippen molar-refractivity contribution in [3.63, 3.8) is 0 Å². The van der Waals surface area contributed by atoms with Crippen LogP contribution in [0.3, 0.4) is 0 Å². The molecule has 0 spiro atoms. The molecule has 2 aromatic carbocycles. The molecule has 256 valence electrons. The van der Waals surface area contributed by atoms with Gasteiger partial charge in [0.25, 0.3) is 11.8 Å². The largest absolute Gasteiger partial charge is 0.361 e. The van der Waals surface area contributed by atoms with E-state index in [9.17, 15) is 24.0 Å². The zero-order valence-corrected chi connectivity index (χ0v) is 28.3.